The molecule has 1 aliphatic carbocycles. The lowest BCUT2D eigenvalue weighted by Crippen LogP contribution is -2.37. The quantitative estimate of drug-likeness (QED) is 0.835. The number of ether oxygens (including phenoxy) is 1. The molecule has 0 aromatic carbocycles. The van der Waals surface area contributed by atoms with E-state index in [9.17, 15) is 0 Å². The van der Waals surface area contributed by atoms with E-state index in [4.69, 9.17) is 9.26 Å². The van der Waals surface area contributed by atoms with Crippen LogP contribution in [-0.4, -0.2) is 29.3 Å². The summed E-state index contributed by atoms with van der Waals surface area (Å²) in [5.74, 6) is 1.79. The third-order valence-corrected chi connectivity index (χ3v) is 4.60. The fraction of sp³-hybridized carbons (Fsp3) is 0.875. The zero-order chi connectivity index (χ0) is 15.3. The molecule has 1 N–H and O–H groups in total. The van der Waals surface area contributed by atoms with Crippen LogP contribution in [0.3, 0.4) is 0 Å². The molecule has 2 rings (SSSR count). The maximum absolute atomic E-state index is 5.84. The van der Waals surface area contributed by atoms with E-state index in [0.717, 1.165) is 25.3 Å². The Morgan fingerprint density at radius 2 is 2.05 bits per heavy atom. The summed E-state index contributed by atoms with van der Waals surface area (Å²) in [6.07, 6.45) is 5.66. The monoisotopic (exact) mass is 295 g/mol. The normalized spacial score (nSPS) is 25.7. The molecule has 0 amide bonds. The van der Waals surface area contributed by atoms with Gasteiger partial charge in [-0.3, -0.25) is 0 Å². The molecule has 1 saturated carbocycles. The molecule has 1 heterocycles. The van der Waals surface area contributed by atoms with Crippen LogP contribution in [0.5, 0.6) is 0 Å². The molecule has 0 aliphatic heterocycles. The summed E-state index contributed by atoms with van der Waals surface area (Å²) in [4.78, 5) is 4.69. The lowest BCUT2D eigenvalue weighted by atomic mass is 9.84. The molecule has 0 saturated heterocycles. The van der Waals surface area contributed by atoms with Gasteiger partial charge in [0.05, 0.1) is 5.92 Å². The third-order valence-electron chi connectivity index (χ3n) is 4.60. The van der Waals surface area contributed by atoms with Gasteiger partial charge in [0.15, 0.2) is 0 Å². The van der Waals surface area contributed by atoms with Crippen molar-refractivity contribution in [1.82, 2.24) is 15.5 Å². The molecule has 1 aromatic heterocycles. The summed E-state index contributed by atoms with van der Waals surface area (Å²) in [5, 5.41) is 7.77. The minimum atomic E-state index is -0.446. The van der Waals surface area contributed by atoms with Crippen LogP contribution in [0.1, 0.15) is 77.4 Å². The summed E-state index contributed by atoms with van der Waals surface area (Å²) >= 11 is 0. The highest BCUT2D eigenvalue weighted by Gasteiger charge is 2.35. The van der Waals surface area contributed by atoms with Crippen molar-refractivity contribution < 1.29 is 9.26 Å². The van der Waals surface area contributed by atoms with Gasteiger partial charge in [-0.25, -0.2) is 0 Å². The Bertz CT molecular complexity index is 433. The number of hydrogen-bond acceptors (Lipinski definition) is 5. The zero-order valence-electron chi connectivity index (χ0n) is 13.8. The fourth-order valence-corrected chi connectivity index (χ4v) is 3.18. The highest BCUT2D eigenvalue weighted by Crippen LogP contribution is 2.34. The molecule has 5 nitrogen and oxygen atoms in total. The molecule has 3 unspecified atom stereocenters. The molecule has 1 fully saturated rings. The van der Waals surface area contributed by atoms with Gasteiger partial charge in [0, 0.05) is 12.6 Å². The van der Waals surface area contributed by atoms with Crippen molar-refractivity contribution in [1.29, 1.82) is 0 Å². The number of rotatable bonds is 7. The SMILES string of the molecule is CCNC1CCCCC1c1nc(C(C)(CC)OCC)no1. The lowest BCUT2D eigenvalue weighted by Gasteiger charge is -2.29. The number of nitrogens with zero attached hydrogens (tertiary/aromatic N) is 2. The first kappa shape index (κ1) is 16.4. The maximum atomic E-state index is 5.84. The molecule has 5 heteroatoms. The van der Waals surface area contributed by atoms with Crippen LogP contribution >= 0.6 is 0 Å². The average molecular weight is 295 g/mol. The van der Waals surface area contributed by atoms with Crippen molar-refractivity contribution in [2.75, 3.05) is 13.2 Å². The molecule has 1 aromatic rings. The van der Waals surface area contributed by atoms with E-state index in [2.05, 4.69) is 29.3 Å². The Hall–Kier alpha value is -0.940. The van der Waals surface area contributed by atoms with Gasteiger partial charge in [-0.2, -0.15) is 4.98 Å². The number of nitrogens with one attached hydrogen (secondary N) is 1. The molecular weight excluding hydrogens is 266 g/mol. The van der Waals surface area contributed by atoms with Gasteiger partial charge in [0.2, 0.25) is 11.7 Å². The predicted octanol–water partition coefficient (Wildman–Crippen LogP) is 3.37. The van der Waals surface area contributed by atoms with Crippen LogP contribution in [0.25, 0.3) is 0 Å². The Kier molecular flexibility index (Phi) is 5.76. The fourth-order valence-electron chi connectivity index (χ4n) is 3.18. The van der Waals surface area contributed by atoms with Gasteiger partial charge in [0.25, 0.3) is 0 Å². The Morgan fingerprint density at radius 3 is 2.71 bits per heavy atom. The second-order valence-electron chi connectivity index (χ2n) is 6.03. The number of aromatic nitrogens is 2. The van der Waals surface area contributed by atoms with Crippen molar-refractivity contribution >= 4 is 0 Å². The van der Waals surface area contributed by atoms with Gasteiger partial charge < -0.3 is 14.6 Å². The van der Waals surface area contributed by atoms with E-state index in [-0.39, 0.29) is 0 Å². The second-order valence-corrected chi connectivity index (χ2v) is 6.03. The van der Waals surface area contributed by atoms with Crippen molar-refractivity contribution in [3.63, 3.8) is 0 Å². The second kappa shape index (κ2) is 7.36. The molecule has 21 heavy (non-hydrogen) atoms. The Labute approximate surface area is 127 Å². The minimum Gasteiger partial charge on any atom is -0.367 e. The molecule has 1 aliphatic rings. The van der Waals surface area contributed by atoms with Gasteiger partial charge in [0.1, 0.15) is 5.60 Å². The number of likely N-dealkylation sites (N-methyl/N-ethyl adjacent to an activating group) is 1. The van der Waals surface area contributed by atoms with E-state index in [1.165, 1.54) is 19.3 Å². The van der Waals surface area contributed by atoms with Gasteiger partial charge in [-0.15, -0.1) is 0 Å². The van der Waals surface area contributed by atoms with Gasteiger partial charge in [-0.1, -0.05) is 31.8 Å². The summed E-state index contributed by atoms with van der Waals surface area (Å²) < 4.78 is 11.4. The average Bonchev–Trinajstić information content (AvgIpc) is 2.99. The zero-order valence-corrected chi connectivity index (χ0v) is 13.8. The molecule has 0 spiro atoms. The maximum Gasteiger partial charge on any atom is 0.231 e. The third kappa shape index (κ3) is 3.64. The van der Waals surface area contributed by atoms with E-state index < -0.39 is 5.60 Å². The molecule has 120 valence electrons. The van der Waals surface area contributed by atoms with Crippen LogP contribution in [0.15, 0.2) is 4.52 Å². The smallest absolute Gasteiger partial charge is 0.231 e. The van der Waals surface area contributed by atoms with Gasteiger partial charge in [-0.05, 0) is 39.7 Å². The lowest BCUT2D eigenvalue weighted by molar-refractivity contribution is -0.0403. The van der Waals surface area contributed by atoms with E-state index in [0.29, 0.717) is 24.4 Å². The highest BCUT2D eigenvalue weighted by molar-refractivity contribution is 5.05. The summed E-state index contributed by atoms with van der Waals surface area (Å²) in [6.45, 7) is 9.90. The summed E-state index contributed by atoms with van der Waals surface area (Å²) in [7, 11) is 0. The first-order valence-corrected chi connectivity index (χ1v) is 8.36. The van der Waals surface area contributed by atoms with Crippen LogP contribution in [0.2, 0.25) is 0 Å². The molecule has 0 radical (unpaired) electrons. The van der Waals surface area contributed by atoms with Crippen LogP contribution in [0.4, 0.5) is 0 Å². The van der Waals surface area contributed by atoms with E-state index >= 15 is 0 Å². The van der Waals surface area contributed by atoms with Crippen molar-refractivity contribution in [3.05, 3.63) is 11.7 Å². The standard InChI is InChI=1S/C16H29N3O2/c1-5-16(4,20-7-3)15-18-14(21-19-15)12-10-8-9-11-13(12)17-6-2/h12-13,17H,5-11H2,1-4H3. The minimum absolute atomic E-state index is 0.336. The van der Waals surface area contributed by atoms with Crippen molar-refractivity contribution in [3.8, 4) is 0 Å². The first-order valence-electron chi connectivity index (χ1n) is 8.36. The van der Waals surface area contributed by atoms with Crippen LogP contribution in [-0.2, 0) is 10.3 Å². The van der Waals surface area contributed by atoms with Crippen LogP contribution < -0.4 is 5.32 Å². The van der Waals surface area contributed by atoms with Crippen molar-refractivity contribution in [2.45, 2.75) is 77.4 Å². The number of hydrogen-bond donors (Lipinski definition) is 1. The molecule has 3 atom stereocenters. The molecule has 0 bridgehead atoms. The van der Waals surface area contributed by atoms with Crippen molar-refractivity contribution in [2.24, 2.45) is 0 Å². The topological polar surface area (TPSA) is 60.2 Å². The van der Waals surface area contributed by atoms with E-state index in [1.54, 1.807) is 0 Å². The summed E-state index contributed by atoms with van der Waals surface area (Å²) in [6, 6.07) is 0.456. The van der Waals surface area contributed by atoms with Crippen LogP contribution in [0, 0.1) is 0 Å². The molecular formula is C16H29N3O2. The Balaban J connectivity index is 2.17. The predicted molar refractivity (Wildman–Crippen MR) is 82.2 cm³/mol. The Morgan fingerprint density at radius 1 is 1.29 bits per heavy atom. The van der Waals surface area contributed by atoms with E-state index in [1.807, 2.05) is 13.8 Å². The largest absolute Gasteiger partial charge is 0.367 e. The summed E-state index contributed by atoms with van der Waals surface area (Å²) in [5.41, 5.74) is -0.446. The highest BCUT2D eigenvalue weighted by atomic mass is 16.5. The van der Waals surface area contributed by atoms with Gasteiger partial charge >= 0.3 is 0 Å². The first-order chi connectivity index (χ1) is 10.1.